The molecule has 0 unspecified atom stereocenters. The lowest BCUT2D eigenvalue weighted by Crippen LogP contribution is -2.44. The number of aryl methyl sites for hydroxylation is 1. The van der Waals surface area contributed by atoms with Gasteiger partial charge in [-0.2, -0.15) is 0 Å². The number of likely N-dealkylation sites (tertiary alicyclic amines) is 1. The van der Waals surface area contributed by atoms with Gasteiger partial charge in [0.15, 0.2) is 0 Å². The number of anilines is 1. The first-order chi connectivity index (χ1) is 10.3. The number of carbonyl (C=O) groups excluding carboxylic acids is 1. The molecule has 1 aromatic rings. The lowest BCUT2D eigenvalue weighted by molar-refractivity contribution is 0.0232. The van der Waals surface area contributed by atoms with Crippen molar-refractivity contribution in [2.75, 3.05) is 25.0 Å². The van der Waals surface area contributed by atoms with Crippen molar-refractivity contribution < 1.29 is 9.53 Å². The predicted molar refractivity (Wildman–Crippen MR) is 86.0 cm³/mol. The number of rotatable bonds is 3. The van der Waals surface area contributed by atoms with Crippen molar-refractivity contribution in [2.24, 2.45) is 0 Å². The molecule has 1 atom stereocenters. The molecule has 1 aromatic heterocycles. The fourth-order valence-corrected chi connectivity index (χ4v) is 2.76. The molecule has 6 heteroatoms. The van der Waals surface area contributed by atoms with Gasteiger partial charge in [0, 0.05) is 32.5 Å². The molecular weight excluding hydrogens is 280 g/mol. The zero-order valence-electron chi connectivity index (χ0n) is 14.2. The topological polar surface area (TPSA) is 58.6 Å². The normalized spacial score (nSPS) is 18.4. The molecule has 1 aliphatic rings. The molecule has 0 N–H and O–H groups in total. The van der Waals surface area contributed by atoms with Crippen LogP contribution in [0.4, 0.5) is 10.6 Å². The Morgan fingerprint density at radius 1 is 1.41 bits per heavy atom. The summed E-state index contributed by atoms with van der Waals surface area (Å²) in [7, 11) is 1.99. The van der Waals surface area contributed by atoms with E-state index in [1.165, 1.54) is 0 Å². The third kappa shape index (κ3) is 4.08. The Morgan fingerprint density at radius 2 is 2.09 bits per heavy atom. The largest absolute Gasteiger partial charge is 0.444 e. The van der Waals surface area contributed by atoms with Crippen LogP contribution < -0.4 is 4.90 Å². The summed E-state index contributed by atoms with van der Waals surface area (Å²) in [6.45, 7) is 9.12. The standard InChI is InChI=1S/C16H26N4O2/c1-12-14(18-9-8-17-12)19(5)11-13-7-6-10-20(13)15(21)22-16(2,3)4/h8-9,13H,6-7,10-11H2,1-5H3/t13-/m0/s1. The minimum Gasteiger partial charge on any atom is -0.444 e. The molecule has 6 nitrogen and oxygen atoms in total. The van der Waals surface area contributed by atoms with E-state index in [0.717, 1.165) is 37.4 Å². The van der Waals surface area contributed by atoms with Crippen LogP contribution in [0.15, 0.2) is 12.4 Å². The third-order valence-electron chi connectivity index (χ3n) is 3.71. The van der Waals surface area contributed by atoms with Crippen LogP contribution in [0.2, 0.25) is 0 Å². The Bertz CT molecular complexity index is 527. The number of amides is 1. The van der Waals surface area contributed by atoms with Crippen molar-refractivity contribution in [3.63, 3.8) is 0 Å². The van der Waals surface area contributed by atoms with Gasteiger partial charge in [-0.3, -0.25) is 4.98 Å². The first-order valence-corrected chi connectivity index (χ1v) is 7.76. The first kappa shape index (κ1) is 16.5. The highest BCUT2D eigenvalue weighted by Crippen LogP contribution is 2.23. The van der Waals surface area contributed by atoms with E-state index in [2.05, 4.69) is 14.9 Å². The van der Waals surface area contributed by atoms with Gasteiger partial charge in [0.25, 0.3) is 0 Å². The monoisotopic (exact) mass is 306 g/mol. The number of hydrogen-bond donors (Lipinski definition) is 0. The molecule has 22 heavy (non-hydrogen) atoms. The number of likely N-dealkylation sites (N-methyl/N-ethyl adjacent to an activating group) is 1. The van der Waals surface area contributed by atoms with E-state index in [1.807, 2.05) is 39.6 Å². The number of ether oxygens (including phenoxy) is 1. The van der Waals surface area contributed by atoms with Crippen molar-refractivity contribution in [1.82, 2.24) is 14.9 Å². The summed E-state index contributed by atoms with van der Waals surface area (Å²) in [5.41, 5.74) is 0.435. The second kappa shape index (κ2) is 6.50. The van der Waals surface area contributed by atoms with Gasteiger partial charge in [0.2, 0.25) is 0 Å². The van der Waals surface area contributed by atoms with Crippen LogP contribution in [0.5, 0.6) is 0 Å². The number of carbonyl (C=O) groups is 1. The smallest absolute Gasteiger partial charge is 0.410 e. The summed E-state index contributed by atoms with van der Waals surface area (Å²) in [6.07, 6.45) is 5.16. The summed E-state index contributed by atoms with van der Waals surface area (Å²) >= 11 is 0. The zero-order chi connectivity index (χ0) is 16.3. The highest BCUT2D eigenvalue weighted by molar-refractivity contribution is 5.69. The van der Waals surface area contributed by atoms with Crippen LogP contribution >= 0.6 is 0 Å². The van der Waals surface area contributed by atoms with Crippen molar-refractivity contribution in [1.29, 1.82) is 0 Å². The SMILES string of the molecule is Cc1nccnc1N(C)C[C@@H]1CCCN1C(=O)OC(C)(C)C. The van der Waals surface area contributed by atoms with Gasteiger partial charge >= 0.3 is 6.09 Å². The Labute approximate surface area is 132 Å². The van der Waals surface area contributed by atoms with Crippen LogP contribution in [0.25, 0.3) is 0 Å². The summed E-state index contributed by atoms with van der Waals surface area (Å²) < 4.78 is 5.50. The molecule has 0 spiro atoms. The maximum Gasteiger partial charge on any atom is 0.410 e. The van der Waals surface area contributed by atoms with Gasteiger partial charge in [0.05, 0.1) is 11.7 Å². The molecule has 2 rings (SSSR count). The van der Waals surface area contributed by atoms with Crippen LogP contribution in [0.1, 0.15) is 39.3 Å². The first-order valence-electron chi connectivity index (χ1n) is 7.76. The molecule has 0 aromatic carbocycles. The van der Waals surface area contributed by atoms with Gasteiger partial charge in [0.1, 0.15) is 11.4 Å². The molecule has 0 radical (unpaired) electrons. The predicted octanol–water partition coefficient (Wildman–Crippen LogP) is 2.62. The van der Waals surface area contributed by atoms with E-state index in [4.69, 9.17) is 4.74 Å². The van der Waals surface area contributed by atoms with E-state index in [1.54, 1.807) is 12.4 Å². The second-order valence-corrected chi connectivity index (χ2v) is 6.82. The average Bonchev–Trinajstić information content (AvgIpc) is 2.85. The van der Waals surface area contributed by atoms with Crippen molar-refractivity contribution in [3.8, 4) is 0 Å². The third-order valence-corrected chi connectivity index (χ3v) is 3.71. The molecule has 1 aliphatic heterocycles. The van der Waals surface area contributed by atoms with Crippen molar-refractivity contribution in [3.05, 3.63) is 18.1 Å². The fourth-order valence-electron chi connectivity index (χ4n) is 2.76. The lowest BCUT2D eigenvalue weighted by Gasteiger charge is -2.31. The van der Waals surface area contributed by atoms with E-state index in [9.17, 15) is 4.79 Å². The number of aromatic nitrogens is 2. The van der Waals surface area contributed by atoms with Gasteiger partial charge in [-0.05, 0) is 40.5 Å². The second-order valence-electron chi connectivity index (χ2n) is 6.82. The quantitative estimate of drug-likeness (QED) is 0.859. The maximum atomic E-state index is 12.3. The fraction of sp³-hybridized carbons (Fsp3) is 0.688. The minimum atomic E-state index is -0.461. The van der Waals surface area contributed by atoms with E-state index in [-0.39, 0.29) is 12.1 Å². The molecule has 1 fully saturated rings. The lowest BCUT2D eigenvalue weighted by atomic mass is 10.2. The highest BCUT2D eigenvalue weighted by atomic mass is 16.6. The van der Waals surface area contributed by atoms with Crippen LogP contribution in [-0.2, 0) is 4.74 Å². The Kier molecular flexibility index (Phi) is 4.88. The highest BCUT2D eigenvalue weighted by Gasteiger charge is 2.33. The Balaban J connectivity index is 2.02. The van der Waals surface area contributed by atoms with Crippen LogP contribution in [0.3, 0.4) is 0 Å². The number of nitrogens with zero attached hydrogens (tertiary/aromatic N) is 4. The molecular formula is C16H26N4O2. The molecule has 122 valence electrons. The van der Waals surface area contributed by atoms with Crippen molar-refractivity contribution in [2.45, 2.75) is 52.2 Å². The van der Waals surface area contributed by atoms with Gasteiger partial charge in [-0.15, -0.1) is 0 Å². The van der Waals surface area contributed by atoms with Crippen LogP contribution in [-0.4, -0.2) is 52.7 Å². The van der Waals surface area contributed by atoms with E-state index < -0.39 is 5.60 Å². The molecule has 1 amide bonds. The van der Waals surface area contributed by atoms with E-state index in [0.29, 0.717) is 0 Å². The number of hydrogen-bond acceptors (Lipinski definition) is 5. The van der Waals surface area contributed by atoms with Crippen LogP contribution in [0, 0.1) is 6.92 Å². The van der Waals surface area contributed by atoms with Gasteiger partial charge in [-0.1, -0.05) is 0 Å². The summed E-state index contributed by atoms with van der Waals surface area (Å²) in [4.78, 5) is 24.9. The summed E-state index contributed by atoms with van der Waals surface area (Å²) in [5, 5.41) is 0. The van der Waals surface area contributed by atoms with Gasteiger partial charge in [-0.25, -0.2) is 9.78 Å². The van der Waals surface area contributed by atoms with Gasteiger partial charge < -0.3 is 14.5 Å². The molecule has 0 saturated carbocycles. The minimum absolute atomic E-state index is 0.154. The Morgan fingerprint density at radius 3 is 2.73 bits per heavy atom. The average molecular weight is 306 g/mol. The molecule has 0 bridgehead atoms. The van der Waals surface area contributed by atoms with E-state index >= 15 is 0 Å². The Hall–Kier alpha value is -1.85. The summed E-state index contributed by atoms with van der Waals surface area (Å²) in [5.74, 6) is 0.860. The maximum absolute atomic E-state index is 12.3. The van der Waals surface area contributed by atoms with Crippen molar-refractivity contribution >= 4 is 11.9 Å². The molecule has 2 heterocycles. The molecule has 1 saturated heterocycles. The summed E-state index contributed by atoms with van der Waals surface area (Å²) in [6, 6.07) is 0.154. The zero-order valence-corrected chi connectivity index (χ0v) is 14.2. The molecule has 0 aliphatic carbocycles.